The van der Waals surface area contributed by atoms with Crippen molar-refractivity contribution in [3.8, 4) is 0 Å². The Labute approximate surface area is 116 Å². The van der Waals surface area contributed by atoms with Gasteiger partial charge >= 0.3 is 0 Å². The summed E-state index contributed by atoms with van der Waals surface area (Å²) in [5, 5.41) is 11.9. The van der Waals surface area contributed by atoms with E-state index in [1.807, 2.05) is 12.1 Å². The molecule has 0 amide bonds. The minimum absolute atomic E-state index is 0.450. The van der Waals surface area contributed by atoms with Gasteiger partial charge in [0.2, 0.25) is 0 Å². The maximum Gasteiger partial charge on any atom is 0.186 e. The molecule has 0 aliphatic rings. The Morgan fingerprint density at radius 1 is 1.44 bits per heavy atom. The summed E-state index contributed by atoms with van der Waals surface area (Å²) in [6.45, 7) is 1.80. The van der Waals surface area contributed by atoms with Gasteiger partial charge in [-0.1, -0.05) is 17.7 Å². The van der Waals surface area contributed by atoms with E-state index in [1.165, 1.54) is 0 Å². The van der Waals surface area contributed by atoms with Crippen LogP contribution in [0.5, 0.6) is 0 Å². The number of nitrogens with one attached hydrogen (secondary N) is 3. The average molecular weight is 284 g/mol. The molecule has 18 heavy (non-hydrogen) atoms. The molecule has 0 atom stereocenters. The molecular weight excluding hydrogens is 270 g/mol. The first kappa shape index (κ1) is 14.4. The topological polar surface area (TPSA) is 60.8 Å². The molecule has 0 aliphatic carbocycles. The van der Waals surface area contributed by atoms with Gasteiger partial charge in [0.05, 0.1) is 17.6 Å². The quantitative estimate of drug-likeness (QED) is 0.450. The maximum absolute atomic E-state index is 5.84. The molecular formula is C11H14ClN5S. The number of rotatable bonds is 4. The SMILES string of the molecule is CNC(=S)N/N=C(C)\C=N\Nc1cccc(Cl)c1. The van der Waals surface area contributed by atoms with Crippen LogP contribution in [0.3, 0.4) is 0 Å². The number of nitrogens with zero attached hydrogens (tertiary/aromatic N) is 2. The summed E-state index contributed by atoms with van der Waals surface area (Å²) in [5.74, 6) is 0. The Morgan fingerprint density at radius 2 is 2.22 bits per heavy atom. The van der Waals surface area contributed by atoms with Crippen LogP contribution in [0.2, 0.25) is 5.02 Å². The lowest BCUT2D eigenvalue weighted by molar-refractivity contribution is 0.977. The standard InChI is InChI=1S/C11H14ClN5S/c1-8(15-17-11(18)13-2)7-14-16-10-5-3-4-9(12)6-10/h3-7,16H,1-2H3,(H2,13,17,18)/b14-7+,15-8-. The van der Waals surface area contributed by atoms with E-state index >= 15 is 0 Å². The minimum Gasteiger partial charge on any atom is -0.364 e. The highest BCUT2D eigenvalue weighted by Crippen LogP contribution is 2.14. The fourth-order valence-electron chi connectivity index (χ4n) is 0.982. The lowest BCUT2D eigenvalue weighted by atomic mass is 10.3. The first-order chi connectivity index (χ1) is 8.61. The highest BCUT2D eigenvalue weighted by atomic mass is 35.5. The fraction of sp³-hybridized carbons (Fsp3) is 0.182. The lowest BCUT2D eigenvalue weighted by Gasteiger charge is -2.01. The second-order valence-corrected chi connectivity index (χ2v) is 4.17. The zero-order valence-corrected chi connectivity index (χ0v) is 11.6. The van der Waals surface area contributed by atoms with Gasteiger partial charge in [-0.3, -0.25) is 10.9 Å². The molecule has 96 valence electrons. The minimum atomic E-state index is 0.450. The summed E-state index contributed by atoms with van der Waals surface area (Å²) in [6, 6.07) is 7.28. The summed E-state index contributed by atoms with van der Waals surface area (Å²) >= 11 is 10.7. The van der Waals surface area contributed by atoms with Crippen LogP contribution in [0.15, 0.2) is 34.5 Å². The van der Waals surface area contributed by atoms with E-state index in [4.69, 9.17) is 23.8 Å². The van der Waals surface area contributed by atoms with Crippen molar-refractivity contribution >= 4 is 46.5 Å². The molecule has 0 aromatic heterocycles. The average Bonchev–Trinajstić information content (AvgIpc) is 2.36. The van der Waals surface area contributed by atoms with Crippen LogP contribution < -0.4 is 16.2 Å². The van der Waals surface area contributed by atoms with Crippen LogP contribution in [0.4, 0.5) is 5.69 Å². The van der Waals surface area contributed by atoms with Crippen molar-refractivity contribution in [2.45, 2.75) is 6.92 Å². The van der Waals surface area contributed by atoms with Crippen LogP contribution in [-0.2, 0) is 0 Å². The van der Waals surface area contributed by atoms with E-state index in [9.17, 15) is 0 Å². The van der Waals surface area contributed by atoms with Crippen LogP contribution >= 0.6 is 23.8 Å². The summed E-state index contributed by atoms with van der Waals surface area (Å²) < 4.78 is 0. The van der Waals surface area contributed by atoms with E-state index < -0.39 is 0 Å². The monoisotopic (exact) mass is 283 g/mol. The van der Waals surface area contributed by atoms with Crippen molar-refractivity contribution in [1.82, 2.24) is 10.7 Å². The van der Waals surface area contributed by atoms with Crippen LogP contribution in [0.25, 0.3) is 0 Å². The third kappa shape index (κ3) is 5.60. The molecule has 0 saturated carbocycles. The molecule has 0 fully saturated rings. The molecule has 0 heterocycles. The summed E-state index contributed by atoms with van der Waals surface area (Å²) in [7, 11) is 1.72. The number of benzene rings is 1. The number of hydrogen-bond donors (Lipinski definition) is 3. The Kier molecular flexibility index (Phi) is 6.10. The molecule has 0 bridgehead atoms. The second kappa shape index (κ2) is 7.62. The van der Waals surface area contributed by atoms with Crippen molar-refractivity contribution in [2.24, 2.45) is 10.2 Å². The molecule has 0 spiro atoms. The van der Waals surface area contributed by atoms with Gasteiger partial charge in [0.1, 0.15) is 0 Å². The van der Waals surface area contributed by atoms with Gasteiger partial charge in [0.25, 0.3) is 0 Å². The number of halogens is 1. The summed E-state index contributed by atoms with van der Waals surface area (Å²) in [5.41, 5.74) is 7.00. The van der Waals surface area contributed by atoms with E-state index in [0.717, 1.165) is 5.69 Å². The second-order valence-electron chi connectivity index (χ2n) is 3.32. The predicted octanol–water partition coefficient (Wildman–Crippen LogP) is 2.21. The number of anilines is 1. The van der Waals surface area contributed by atoms with Gasteiger partial charge in [-0.25, -0.2) is 0 Å². The highest BCUT2D eigenvalue weighted by Gasteiger charge is 1.91. The zero-order chi connectivity index (χ0) is 13.4. The molecule has 1 aromatic rings. The van der Waals surface area contributed by atoms with Crippen molar-refractivity contribution in [2.75, 3.05) is 12.5 Å². The van der Waals surface area contributed by atoms with E-state index in [1.54, 1.807) is 32.3 Å². The van der Waals surface area contributed by atoms with E-state index in [2.05, 4.69) is 26.4 Å². The predicted molar refractivity (Wildman–Crippen MR) is 81.5 cm³/mol. The maximum atomic E-state index is 5.84. The van der Waals surface area contributed by atoms with Gasteiger partial charge in [-0.2, -0.15) is 10.2 Å². The molecule has 0 aliphatic heterocycles. The molecule has 1 aromatic carbocycles. The molecule has 0 radical (unpaired) electrons. The first-order valence-electron chi connectivity index (χ1n) is 5.18. The first-order valence-corrected chi connectivity index (χ1v) is 5.97. The van der Waals surface area contributed by atoms with Crippen LogP contribution in [0.1, 0.15) is 6.92 Å². The number of thiocarbonyl (C=S) groups is 1. The van der Waals surface area contributed by atoms with Crippen molar-refractivity contribution < 1.29 is 0 Å². The molecule has 0 saturated heterocycles. The van der Waals surface area contributed by atoms with Gasteiger partial charge in [-0.05, 0) is 37.3 Å². The fourth-order valence-corrected chi connectivity index (χ4v) is 1.22. The smallest absolute Gasteiger partial charge is 0.186 e. The van der Waals surface area contributed by atoms with E-state index in [0.29, 0.717) is 15.8 Å². The van der Waals surface area contributed by atoms with Crippen molar-refractivity contribution in [3.05, 3.63) is 29.3 Å². The molecule has 7 heteroatoms. The molecule has 5 nitrogen and oxygen atoms in total. The Balaban J connectivity index is 2.47. The third-order valence-electron chi connectivity index (χ3n) is 1.83. The lowest BCUT2D eigenvalue weighted by Crippen LogP contribution is -2.29. The van der Waals surface area contributed by atoms with Crippen LogP contribution in [-0.4, -0.2) is 24.1 Å². The Bertz CT molecular complexity index is 472. The Morgan fingerprint density at radius 3 is 2.89 bits per heavy atom. The van der Waals surface area contributed by atoms with Crippen molar-refractivity contribution in [3.63, 3.8) is 0 Å². The van der Waals surface area contributed by atoms with Crippen molar-refractivity contribution in [1.29, 1.82) is 0 Å². The largest absolute Gasteiger partial charge is 0.364 e. The highest BCUT2D eigenvalue weighted by molar-refractivity contribution is 7.80. The molecule has 1 rings (SSSR count). The zero-order valence-electron chi connectivity index (χ0n) is 10.1. The van der Waals surface area contributed by atoms with Gasteiger partial charge in [0.15, 0.2) is 5.11 Å². The van der Waals surface area contributed by atoms with E-state index in [-0.39, 0.29) is 0 Å². The number of hydrazone groups is 2. The van der Waals surface area contributed by atoms with Crippen LogP contribution in [0, 0.1) is 0 Å². The number of hydrogen-bond acceptors (Lipinski definition) is 4. The van der Waals surface area contributed by atoms with Gasteiger partial charge in [0, 0.05) is 12.1 Å². The normalized spacial score (nSPS) is 11.4. The Hall–Kier alpha value is -1.66. The summed E-state index contributed by atoms with van der Waals surface area (Å²) in [6.07, 6.45) is 1.58. The van der Waals surface area contributed by atoms with Gasteiger partial charge < -0.3 is 5.32 Å². The third-order valence-corrected chi connectivity index (χ3v) is 2.36. The molecule has 3 N–H and O–H groups in total. The summed E-state index contributed by atoms with van der Waals surface area (Å²) in [4.78, 5) is 0. The van der Waals surface area contributed by atoms with Gasteiger partial charge in [-0.15, -0.1) is 0 Å². The molecule has 0 unspecified atom stereocenters.